The predicted molar refractivity (Wildman–Crippen MR) is 113 cm³/mol. The van der Waals surface area contributed by atoms with Gasteiger partial charge in [-0.3, -0.25) is 4.79 Å². The maximum absolute atomic E-state index is 12.8. The fourth-order valence-corrected chi connectivity index (χ4v) is 5.14. The summed E-state index contributed by atoms with van der Waals surface area (Å²) in [6.07, 6.45) is 5.74. The maximum Gasteiger partial charge on any atom is 0.260 e. The Balaban J connectivity index is 1.63. The molecule has 4 aromatic rings. The third kappa shape index (κ3) is 2.93. The Morgan fingerprint density at radius 3 is 3.07 bits per heavy atom. The van der Waals surface area contributed by atoms with Gasteiger partial charge < -0.3 is 14.1 Å². The van der Waals surface area contributed by atoms with Gasteiger partial charge in [0, 0.05) is 16.3 Å². The lowest BCUT2D eigenvalue weighted by Gasteiger charge is -2.09. The maximum atomic E-state index is 12.8. The van der Waals surface area contributed by atoms with E-state index >= 15 is 0 Å². The van der Waals surface area contributed by atoms with Gasteiger partial charge in [-0.2, -0.15) is 5.26 Å². The van der Waals surface area contributed by atoms with Crippen LogP contribution in [0.4, 0.5) is 0 Å². The minimum atomic E-state index is -0.183. The molecule has 0 unspecified atom stereocenters. The van der Waals surface area contributed by atoms with Gasteiger partial charge in [-0.1, -0.05) is 12.1 Å². The van der Waals surface area contributed by atoms with Gasteiger partial charge in [-0.25, -0.2) is 4.98 Å². The third-order valence-electron chi connectivity index (χ3n) is 5.23. The van der Waals surface area contributed by atoms with Crippen LogP contribution in [0.1, 0.15) is 34.9 Å². The number of thiophene rings is 1. The number of fused-ring (bicyclic) bond motifs is 4. The van der Waals surface area contributed by atoms with E-state index in [0.29, 0.717) is 27.3 Å². The van der Waals surface area contributed by atoms with Crippen molar-refractivity contribution in [2.24, 2.45) is 0 Å². The van der Waals surface area contributed by atoms with Gasteiger partial charge in [-0.15, -0.1) is 11.3 Å². The van der Waals surface area contributed by atoms with E-state index < -0.39 is 0 Å². The van der Waals surface area contributed by atoms with Crippen molar-refractivity contribution in [3.63, 3.8) is 0 Å². The number of H-pyrrole nitrogens is 1. The first kappa shape index (κ1) is 17.7. The molecule has 0 radical (unpaired) electrons. The topological polar surface area (TPSA) is 91.9 Å². The normalized spacial score (nSPS) is 14.1. The Kier molecular flexibility index (Phi) is 4.22. The second-order valence-electron chi connectivity index (χ2n) is 7.00. The molecule has 144 valence electrons. The molecule has 1 N–H and O–H groups in total. The number of ether oxygens (including phenoxy) is 1. The van der Waals surface area contributed by atoms with Crippen molar-refractivity contribution in [2.75, 3.05) is 7.11 Å². The van der Waals surface area contributed by atoms with Crippen molar-refractivity contribution in [3.05, 3.63) is 56.6 Å². The van der Waals surface area contributed by atoms with Crippen LogP contribution in [0.25, 0.3) is 32.8 Å². The Morgan fingerprint density at radius 1 is 1.38 bits per heavy atom. The quantitative estimate of drug-likeness (QED) is 0.501. The van der Waals surface area contributed by atoms with Crippen LogP contribution in [-0.2, 0) is 12.8 Å². The van der Waals surface area contributed by atoms with Gasteiger partial charge in [-0.05, 0) is 43.4 Å². The van der Waals surface area contributed by atoms with Crippen molar-refractivity contribution >= 4 is 44.2 Å². The SMILES string of the molecule is COc1cccc2cc(/C=C(/C#N)c3nc4sc5c(c4c(=O)[nH]3)CCCC5)oc12. The van der Waals surface area contributed by atoms with Crippen LogP contribution in [0, 0.1) is 11.3 Å². The number of hydrogen-bond acceptors (Lipinski definition) is 6. The number of aromatic amines is 1. The lowest BCUT2D eigenvalue weighted by atomic mass is 9.97. The molecular formula is C22H17N3O3S. The molecule has 0 spiro atoms. The number of nitriles is 1. The van der Waals surface area contributed by atoms with Crippen molar-refractivity contribution < 1.29 is 9.15 Å². The highest BCUT2D eigenvalue weighted by Gasteiger charge is 2.20. The van der Waals surface area contributed by atoms with E-state index in [2.05, 4.69) is 16.0 Å². The third-order valence-corrected chi connectivity index (χ3v) is 6.42. The van der Waals surface area contributed by atoms with Crippen LogP contribution in [-0.4, -0.2) is 17.1 Å². The second-order valence-corrected chi connectivity index (χ2v) is 8.09. The molecule has 6 nitrogen and oxygen atoms in total. The monoisotopic (exact) mass is 403 g/mol. The van der Waals surface area contributed by atoms with E-state index in [1.54, 1.807) is 24.5 Å². The van der Waals surface area contributed by atoms with E-state index in [1.807, 2.05) is 24.3 Å². The van der Waals surface area contributed by atoms with E-state index in [-0.39, 0.29) is 17.0 Å². The number of para-hydroxylation sites is 1. The molecule has 0 bridgehead atoms. The number of rotatable bonds is 3. The summed E-state index contributed by atoms with van der Waals surface area (Å²) >= 11 is 1.56. The van der Waals surface area contributed by atoms with Crippen molar-refractivity contribution in [3.8, 4) is 11.8 Å². The molecule has 0 aliphatic heterocycles. The molecule has 3 heterocycles. The molecule has 0 fully saturated rings. The summed E-state index contributed by atoms with van der Waals surface area (Å²) in [7, 11) is 1.58. The number of methoxy groups -OCH3 is 1. The first-order valence-corrected chi connectivity index (χ1v) is 10.2. The van der Waals surface area contributed by atoms with Crippen LogP contribution in [0.3, 0.4) is 0 Å². The predicted octanol–water partition coefficient (Wildman–Crippen LogP) is 4.68. The minimum absolute atomic E-state index is 0.183. The molecular weight excluding hydrogens is 386 g/mol. The molecule has 0 saturated heterocycles. The Hall–Kier alpha value is -3.37. The Morgan fingerprint density at radius 2 is 2.24 bits per heavy atom. The summed E-state index contributed by atoms with van der Waals surface area (Å²) in [5, 5.41) is 11.2. The van der Waals surface area contributed by atoms with Crippen molar-refractivity contribution in [2.45, 2.75) is 25.7 Å². The lowest BCUT2D eigenvalue weighted by molar-refractivity contribution is 0.410. The number of furan rings is 1. The van der Waals surface area contributed by atoms with Gasteiger partial charge in [0.2, 0.25) is 0 Å². The molecule has 1 aliphatic rings. The fourth-order valence-electron chi connectivity index (χ4n) is 3.88. The van der Waals surface area contributed by atoms with Gasteiger partial charge in [0.25, 0.3) is 5.56 Å². The molecule has 7 heteroatoms. The standard InChI is InChI=1S/C22H17N3O3S/c1-27-16-7-4-5-12-9-14(28-19(12)16)10-13(11-23)20-24-21(26)18-15-6-2-3-8-17(15)29-22(18)25-20/h4-5,7,9-10H,2-3,6,8H2,1H3,(H,24,25,26)/b13-10-. The van der Waals surface area contributed by atoms with Crippen molar-refractivity contribution in [1.82, 2.24) is 9.97 Å². The van der Waals surface area contributed by atoms with E-state index in [0.717, 1.165) is 36.6 Å². The fraction of sp³-hybridized carbons (Fsp3) is 0.227. The number of hydrogen-bond donors (Lipinski definition) is 1. The van der Waals surface area contributed by atoms with E-state index in [9.17, 15) is 10.1 Å². The molecule has 1 aliphatic carbocycles. The Bertz CT molecular complexity index is 1380. The van der Waals surface area contributed by atoms with Crippen LogP contribution in [0.2, 0.25) is 0 Å². The highest BCUT2D eigenvalue weighted by molar-refractivity contribution is 7.18. The molecule has 3 aromatic heterocycles. The summed E-state index contributed by atoms with van der Waals surface area (Å²) in [5.41, 5.74) is 1.80. The first-order valence-electron chi connectivity index (χ1n) is 9.41. The summed E-state index contributed by atoms with van der Waals surface area (Å²) < 4.78 is 11.2. The lowest BCUT2D eigenvalue weighted by Crippen LogP contribution is -2.12. The summed E-state index contributed by atoms with van der Waals surface area (Å²) in [4.78, 5) is 22.1. The first-order chi connectivity index (χ1) is 14.2. The average molecular weight is 403 g/mol. The number of aromatic nitrogens is 2. The zero-order valence-corrected chi connectivity index (χ0v) is 16.6. The van der Waals surface area contributed by atoms with E-state index in [4.69, 9.17) is 9.15 Å². The molecule has 29 heavy (non-hydrogen) atoms. The van der Waals surface area contributed by atoms with Crippen LogP contribution >= 0.6 is 11.3 Å². The molecule has 5 rings (SSSR count). The highest BCUT2D eigenvalue weighted by atomic mass is 32.1. The smallest absolute Gasteiger partial charge is 0.260 e. The van der Waals surface area contributed by atoms with Gasteiger partial charge in [0.05, 0.1) is 18.1 Å². The molecule has 0 amide bonds. The summed E-state index contributed by atoms with van der Waals surface area (Å²) in [6, 6.07) is 9.57. The number of allylic oxidation sites excluding steroid dienone is 1. The largest absolute Gasteiger partial charge is 0.493 e. The van der Waals surface area contributed by atoms with E-state index in [1.165, 1.54) is 4.88 Å². The second kappa shape index (κ2) is 6.90. The van der Waals surface area contributed by atoms with Crippen LogP contribution in [0.15, 0.2) is 33.5 Å². The average Bonchev–Trinajstić information content (AvgIpc) is 3.32. The van der Waals surface area contributed by atoms with Gasteiger partial charge >= 0.3 is 0 Å². The molecule has 0 saturated carbocycles. The zero-order chi connectivity index (χ0) is 20.0. The summed E-state index contributed by atoms with van der Waals surface area (Å²) in [6.45, 7) is 0. The molecule has 1 aromatic carbocycles. The number of nitrogens with one attached hydrogen (secondary N) is 1. The number of benzene rings is 1. The Labute approximate surface area is 170 Å². The van der Waals surface area contributed by atoms with Crippen LogP contribution < -0.4 is 10.3 Å². The zero-order valence-electron chi connectivity index (χ0n) is 15.7. The number of aryl methyl sites for hydroxylation is 2. The van der Waals surface area contributed by atoms with Gasteiger partial charge in [0.15, 0.2) is 17.2 Å². The van der Waals surface area contributed by atoms with Crippen molar-refractivity contribution in [1.29, 1.82) is 5.26 Å². The molecule has 0 atom stereocenters. The minimum Gasteiger partial charge on any atom is -0.493 e. The summed E-state index contributed by atoms with van der Waals surface area (Å²) in [5.74, 6) is 1.38. The van der Waals surface area contributed by atoms with Gasteiger partial charge in [0.1, 0.15) is 16.7 Å². The number of nitrogens with zero attached hydrogens (tertiary/aromatic N) is 2. The van der Waals surface area contributed by atoms with Crippen LogP contribution in [0.5, 0.6) is 5.75 Å². The highest BCUT2D eigenvalue weighted by Crippen LogP contribution is 2.34.